The third-order valence-corrected chi connectivity index (χ3v) is 6.11. The van der Waals surface area contributed by atoms with Gasteiger partial charge in [0, 0.05) is 55.6 Å². The number of carbonyl (C=O) groups excluding carboxylic acids is 1. The molecule has 4 aromatic rings. The van der Waals surface area contributed by atoms with Crippen LogP contribution in [0.3, 0.4) is 0 Å². The van der Waals surface area contributed by atoms with Crippen molar-refractivity contribution in [2.45, 2.75) is 13.0 Å². The molecule has 4 heterocycles. The summed E-state index contributed by atoms with van der Waals surface area (Å²) in [7, 11) is 1.89. The zero-order valence-electron chi connectivity index (χ0n) is 18.4. The highest BCUT2D eigenvalue weighted by molar-refractivity contribution is 6.30. The standard InChI is InChI=1S/C23H24ClN7O2/c1-16(17-3-5-20(24)6-4-17)33-23(32)30-9-7-29(8-10-30)22-14-25-21-11-18(12-27-31(21)22)19-13-26-28(2)15-19/h3-6,11-16H,7-10H2,1-2H3/t16-/m1/s1. The number of rotatable bonds is 4. The summed E-state index contributed by atoms with van der Waals surface area (Å²) in [5.41, 5.74) is 3.64. The number of piperazine rings is 1. The summed E-state index contributed by atoms with van der Waals surface area (Å²) < 4.78 is 9.25. The van der Waals surface area contributed by atoms with Gasteiger partial charge < -0.3 is 14.5 Å². The molecule has 33 heavy (non-hydrogen) atoms. The van der Waals surface area contributed by atoms with Crippen molar-refractivity contribution in [1.29, 1.82) is 0 Å². The van der Waals surface area contributed by atoms with Crippen molar-refractivity contribution in [2.24, 2.45) is 7.05 Å². The van der Waals surface area contributed by atoms with Crippen LogP contribution in [0.25, 0.3) is 16.8 Å². The number of imidazole rings is 1. The number of halogens is 1. The highest BCUT2D eigenvalue weighted by Gasteiger charge is 2.25. The van der Waals surface area contributed by atoms with Gasteiger partial charge in [-0.3, -0.25) is 4.68 Å². The van der Waals surface area contributed by atoms with Gasteiger partial charge in [0.1, 0.15) is 6.10 Å². The molecular weight excluding hydrogens is 442 g/mol. The number of nitrogens with zero attached hydrogens (tertiary/aromatic N) is 7. The van der Waals surface area contributed by atoms with E-state index < -0.39 is 0 Å². The Morgan fingerprint density at radius 1 is 1.03 bits per heavy atom. The van der Waals surface area contributed by atoms with Crippen LogP contribution in [-0.2, 0) is 11.8 Å². The Labute approximate surface area is 196 Å². The molecule has 0 N–H and O–H groups in total. The summed E-state index contributed by atoms with van der Waals surface area (Å²) in [5, 5.41) is 9.47. The molecule has 0 bridgehead atoms. The van der Waals surface area contributed by atoms with Gasteiger partial charge in [-0.1, -0.05) is 23.7 Å². The van der Waals surface area contributed by atoms with Crippen LogP contribution < -0.4 is 4.90 Å². The van der Waals surface area contributed by atoms with E-state index in [4.69, 9.17) is 16.3 Å². The molecule has 3 aromatic heterocycles. The maximum Gasteiger partial charge on any atom is 0.410 e. The van der Waals surface area contributed by atoms with E-state index in [0.717, 1.165) is 28.2 Å². The van der Waals surface area contributed by atoms with Gasteiger partial charge in [0.25, 0.3) is 0 Å². The lowest BCUT2D eigenvalue weighted by atomic mass is 10.1. The SMILES string of the molecule is C[C@@H](OC(=O)N1CCN(c2cnc3cc(-c4cnn(C)c4)cnn23)CC1)c1ccc(Cl)cc1. The lowest BCUT2D eigenvalue weighted by Gasteiger charge is -2.35. The normalized spacial score (nSPS) is 15.1. The van der Waals surface area contributed by atoms with Crippen molar-refractivity contribution in [3.8, 4) is 11.1 Å². The maximum atomic E-state index is 12.7. The molecule has 10 heteroatoms. The summed E-state index contributed by atoms with van der Waals surface area (Å²) in [6.07, 6.45) is 6.75. The van der Waals surface area contributed by atoms with Gasteiger partial charge in [0.15, 0.2) is 11.5 Å². The number of anilines is 1. The fraction of sp³-hybridized carbons (Fsp3) is 0.304. The minimum absolute atomic E-state index is 0.311. The Hall–Kier alpha value is -3.59. The number of benzene rings is 1. The van der Waals surface area contributed by atoms with Gasteiger partial charge in [-0.05, 0) is 30.7 Å². The summed E-state index contributed by atoms with van der Waals surface area (Å²) in [6.45, 7) is 4.33. The number of aryl methyl sites for hydroxylation is 1. The van der Waals surface area contributed by atoms with Gasteiger partial charge >= 0.3 is 6.09 Å². The zero-order chi connectivity index (χ0) is 22.9. The first-order chi connectivity index (χ1) is 16.0. The number of aromatic nitrogens is 5. The Kier molecular flexibility index (Phi) is 5.63. The number of ether oxygens (including phenoxy) is 1. The summed E-state index contributed by atoms with van der Waals surface area (Å²) in [5.74, 6) is 0.908. The second-order valence-corrected chi connectivity index (χ2v) is 8.52. The maximum absolute atomic E-state index is 12.7. The number of fused-ring (bicyclic) bond motifs is 1. The minimum atomic E-state index is -0.343. The van der Waals surface area contributed by atoms with Crippen LogP contribution in [0, 0.1) is 0 Å². The van der Waals surface area contributed by atoms with Crippen LogP contribution in [0.15, 0.2) is 55.1 Å². The molecule has 1 fully saturated rings. The van der Waals surface area contributed by atoms with Crippen LogP contribution in [0.2, 0.25) is 5.02 Å². The fourth-order valence-corrected chi connectivity index (χ4v) is 4.08. The summed E-state index contributed by atoms with van der Waals surface area (Å²) in [4.78, 5) is 21.1. The predicted octanol–water partition coefficient (Wildman–Crippen LogP) is 3.80. The van der Waals surface area contributed by atoms with Crippen molar-refractivity contribution in [1.82, 2.24) is 29.3 Å². The zero-order valence-corrected chi connectivity index (χ0v) is 19.2. The fourth-order valence-electron chi connectivity index (χ4n) is 3.95. The minimum Gasteiger partial charge on any atom is -0.442 e. The number of carbonyl (C=O) groups is 1. The topological polar surface area (TPSA) is 80.8 Å². The van der Waals surface area contributed by atoms with Crippen LogP contribution in [0.4, 0.5) is 10.6 Å². The molecule has 170 valence electrons. The van der Waals surface area contributed by atoms with Crippen LogP contribution >= 0.6 is 11.6 Å². The van der Waals surface area contributed by atoms with Crippen LogP contribution in [0.1, 0.15) is 18.6 Å². The van der Waals surface area contributed by atoms with Crippen LogP contribution in [0.5, 0.6) is 0 Å². The molecule has 0 radical (unpaired) electrons. The molecular formula is C23H24ClN7O2. The smallest absolute Gasteiger partial charge is 0.410 e. The van der Waals surface area contributed by atoms with E-state index in [2.05, 4.69) is 20.1 Å². The molecule has 1 aliphatic heterocycles. The van der Waals surface area contributed by atoms with Gasteiger partial charge in [-0.25, -0.2) is 9.78 Å². The second-order valence-electron chi connectivity index (χ2n) is 8.08. The third-order valence-electron chi connectivity index (χ3n) is 5.86. The molecule has 0 spiro atoms. The average molecular weight is 466 g/mol. The molecule has 9 nitrogen and oxygen atoms in total. The molecule has 1 aliphatic rings. The van der Waals surface area contributed by atoms with Gasteiger partial charge in [0.2, 0.25) is 0 Å². The van der Waals surface area contributed by atoms with Gasteiger partial charge in [-0.15, -0.1) is 0 Å². The monoisotopic (exact) mass is 465 g/mol. The highest BCUT2D eigenvalue weighted by Crippen LogP contribution is 2.24. The van der Waals surface area contributed by atoms with Crippen LogP contribution in [-0.4, -0.2) is 61.6 Å². The van der Waals surface area contributed by atoms with Crippen molar-refractivity contribution in [2.75, 3.05) is 31.1 Å². The molecule has 1 saturated heterocycles. The lowest BCUT2D eigenvalue weighted by molar-refractivity contribution is 0.0680. The van der Waals surface area contributed by atoms with E-state index in [1.165, 1.54) is 0 Å². The van der Waals surface area contributed by atoms with Crippen molar-refractivity contribution >= 4 is 29.2 Å². The first-order valence-corrected chi connectivity index (χ1v) is 11.1. The van der Waals surface area contributed by atoms with E-state index in [1.54, 1.807) is 21.7 Å². The van der Waals surface area contributed by atoms with Crippen molar-refractivity contribution < 1.29 is 9.53 Å². The predicted molar refractivity (Wildman–Crippen MR) is 125 cm³/mol. The molecule has 0 unspecified atom stereocenters. The molecule has 5 rings (SSSR count). The van der Waals surface area contributed by atoms with E-state index in [1.807, 2.05) is 61.5 Å². The molecule has 1 amide bonds. The lowest BCUT2D eigenvalue weighted by Crippen LogP contribution is -2.49. The third kappa shape index (κ3) is 4.36. The van der Waals surface area contributed by atoms with Crippen molar-refractivity contribution in [3.05, 3.63) is 65.7 Å². The Bertz CT molecular complexity index is 1280. The first kappa shape index (κ1) is 21.3. The van der Waals surface area contributed by atoms with Gasteiger partial charge in [-0.2, -0.15) is 14.7 Å². The Morgan fingerprint density at radius 3 is 2.45 bits per heavy atom. The summed E-state index contributed by atoms with van der Waals surface area (Å²) in [6, 6.07) is 9.33. The molecule has 1 atom stereocenters. The molecule has 0 aliphatic carbocycles. The Balaban J connectivity index is 1.22. The highest BCUT2D eigenvalue weighted by atomic mass is 35.5. The van der Waals surface area contributed by atoms with E-state index in [-0.39, 0.29) is 12.2 Å². The van der Waals surface area contributed by atoms with Gasteiger partial charge in [0.05, 0.1) is 18.6 Å². The van der Waals surface area contributed by atoms with Crippen molar-refractivity contribution in [3.63, 3.8) is 0 Å². The van der Waals surface area contributed by atoms with E-state index in [9.17, 15) is 4.79 Å². The summed E-state index contributed by atoms with van der Waals surface area (Å²) >= 11 is 5.94. The quantitative estimate of drug-likeness (QED) is 0.456. The molecule has 0 saturated carbocycles. The first-order valence-electron chi connectivity index (χ1n) is 10.8. The number of amides is 1. The molecule has 1 aromatic carbocycles. The van der Waals surface area contributed by atoms with E-state index in [0.29, 0.717) is 31.2 Å². The Morgan fingerprint density at radius 2 is 1.76 bits per heavy atom. The van der Waals surface area contributed by atoms with E-state index >= 15 is 0 Å². The number of hydrogen-bond acceptors (Lipinski definition) is 6. The second kappa shape index (κ2) is 8.74. The average Bonchev–Trinajstić information content (AvgIpc) is 3.45. The largest absolute Gasteiger partial charge is 0.442 e. The number of hydrogen-bond donors (Lipinski definition) is 0.